The maximum atomic E-state index is 12.6. The number of hydrogen-bond acceptors (Lipinski definition) is 7. The third-order valence-corrected chi connectivity index (χ3v) is 5.71. The Morgan fingerprint density at radius 2 is 1.08 bits per heavy atom. The van der Waals surface area contributed by atoms with Crippen LogP contribution in [0, 0.1) is 0 Å². The van der Waals surface area contributed by atoms with Crippen molar-refractivity contribution in [3.05, 3.63) is 0 Å². The molecule has 2 amide bonds. The number of carbonyl (C=O) groups excluding carboxylic acids is 2. The second-order valence-electron chi connectivity index (χ2n) is 11.8. The van der Waals surface area contributed by atoms with E-state index in [1.165, 1.54) is 64.2 Å². The van der Waals surface area contributed by atoms with Crippen LogP contribution in [-0.2, 0) is 9.47 Å². The molecular weight excluding hydrogens is 460 g/mol. The number of rotatable bonds is 18. The number of amides is 2. The molecule has 2 unspecified atom stereocenters. The summed E-state index contributed by atoms with van der Waals surface area (Å²) in [7, 11) is 0. The number of unbranched alkanes of at least 4 members (excludes halogenated alkanes) is 12. The number of imide groups is 1. The molecule has 0 fully saturated rings. The molecule has 36 heavy (non-hydrogen) atoms. The fraction of sp³-hybridized carbons (Fsp3) is 0.929. The van der Waals surface area contributed by atoms with Gasteiger partial charge in [-0.05, 0) is 48.0 Å². The lowest BCUT2D eigenvalue weighted by Gasteiger charge is -2.32. The van der Waals surface area contributed by atoms with Gasteiger partial charge in [0.15, 0.2) is 0 Å². The molecule has 0 rings (SSSR count). The monoisotopic (exact) mass is 516 g/mol. The molecule has 0 heterocycles. The molecule has 3 N–H and O–H groups in total. The second kappa shape index (κ2) is 18.8. The van der Waals surface area contributed by atoms with E-state index in [-0.39, 0.29) is 0 Å². The number of nitrogens with one attached hydrogen (secondary N) is 1. The Labute approximate surface area is 220 Å². The lowest BCUT2D eigenvalue weighted by molar-refractivity contribution is -0.0254. The summed E-state index contributed by atoms with van der Waals surface area (Å²) in [5.41, 5.74) is 0.964. The van der Waals surface area contributed by atoms with E-state index < -0.39 is 42.1 Å². The van der Waals surface area contributed by atoms with Crippen LogP contribution in [0.1, 0.15) is 138 Å². The van der Waals surface area contributed by atoms with Gasteiger partial charge in [0.1, 0.15) is 11.2 Å². The van der Waals surface area contributed by atoms with E-state index in [1.54, 1.807) is 41.5 Å². The van der Waals surface area contributed by atoms with Gasteiger partial charge in [-0.2, -0.15) is 0 Å². The first kappa shape index (κ1) is 34.6. The Balaban J connectivity index is 4.43. The Morgan fingerprint density at radius 3 is 1.42 bits per heavy atom. The van der Waals surface area contributed by atoms with Gasteiger partial charge in [-0.3, -0.25) is 0 Å². The summed E-state index contributed by atoms with van der Waals surface area (Å²) in [5, 5.41) is 21.0. The molecule has 2 atom stereocenters. The van der Waals surface area contributed by atoms with Crippen LogP contribution in [0.3, 0.4) is 0 Å². The van der Waals surface area contributed by atoms with Gasteiger partial charge in [0.05, 0.1) is 18.8 Å². The van der Waals surface area contributed by atoms with Gasteiger partial charge >= 0.3 is 12.2 Å². The van der Waals surface area contributed by atoms with Crippen molar-refractivity contribution in [3.8, 4) is 0 Å². The van der Waals surface area contributed by atoms with Crippen molar-refractivity contribution in [2.24, 2.45) is 0 Å². The van der Waals surface area contributed by atoms with Gasteiger partial charge in [0.25, 0.3) is 0 Å². The number of hydrogen-bond donors (Lipinski definition) is 3. The molecule has 0 aliphatic carbocycles. The van der Waals surface area contributed by atoms with Crippen molar-refractivity contribution in [1.29, 1.82) is 0 Å². The minimum Gasteiger partial charge on any atom is -0.442 e. The van der Waals surface area contributed by atoms with Gasteiger partial charge in [0.2, 0.25) is 0 Å². The molecule has 8 heteroatoms. The number of nitrogens with zero attached hydrogens (tertiary/aromatic N) is 1. The molecule has 0 spiro atoms. The highest BCUT2D eigenvalue weighted by atomic mass is 16.6. The minimum absolute atomic E-state index is 0.451. The standard InChI is InChI=1S/C28H56N2O6/c1-8-9-10-11-12-13-14-15-16-17-18-19-20-21-24(32)23(22-31)29-30(25(33)35-27(2,3)4)26(34)36-28(5,6)7/h23-24,29,31-32H,8-22H2,1-7H3. The Morgan fingerprint density at radius 1 is 0.722 bits per heavy atom. The van der Waals surface area contributed by atoms with Crippen LogP contribution in [0.25, 0.3) is 0 Å². The first-order chi connectivity index (χ1) is 16.8. The highest BCUT2D eigenvalue weighted by Crippen LogP contribution is 2.16. The Kier molecular flexibility index (Phi) is 18.1. The fourth-order valence-electron chi connectivity index (χ4n) is 3.78. The highest BCUT2D eigenvalue weighted by Gasteiger charge is 2.34. The molecule has 0 aromatic carbocycles. The first-order valence-corrected chi connectivity index (χ1v) is 14.1. The highest BCUT2D eigenvalue weighted by molar-refractivity contribution is 5.87. The van der Waals surface area contributed by atoms with E-state index in [1.807, 2.05) is 0 Å². The summed E-state index contributed by atoms with van der Waals surface area (Å²) in [5.74, 6) is 0. The van der Waals surface area contributed by atoms with Crippen LogP contribution in [0.15, 0.2) is 0 Å². The largest absolute Gasteiger partial charge is 0.442 e. The van der Waals surface area contributed by atoms with Crippen molar-refractivity contribution in [1.82, 2.24) is 10.4 Å². The van der Waals surface area contributed by atoms with E-state index in [4.69, 9.17) is 9.47 Å². The molecule has 0 radical (unpaired) electrons. The predicted octanol–water partition coefficient (Wildman–Crippen LogP) is 6.87. The number of carbonyl (C=O) groups is 2. The molecule has 0 aromatic rings. The number of aliphatic hydroxyl groups excluding tert-OH is 2. The number of hydrazine groups is 1. The van der Waals surface area contributed by atoms with Crippen molar-refractivity contribution in [3.63, 3.8) is 0 Å². The lowest BCUT2D eigenvalue weighted by atomic mass is 10.0. The summed E-state index contributed by atoms with van der Waals surface area (Å²) >= 11 is 0. The summed E-state index contributed by atoms with van der Waals surface area (Å²) in [6, 6.07) is -0.914. The van der Waals surface area contributed by atoms with Gasteiger partial charge < -0.3 is 19.7 Å². The van der Waals surface area contributed by atoms with E-state index >= 15 is 0 Å². The Bertz CT molecular complexity index is 558. The fourth-order valence-corrected chi connectivity index (χ4v) is 3.78. The molecule has 0 aliphatic heterocycles. The van der Waals surface area contributed by atoms with Crippen molar-refractivity contribution in [2.75, 3.05) is 6.61 Å². The summed E-state index contributed by atoms with van der Waals surface area (Å²) in [4.78, 5) is 25.2. The van der Waals surface area contributed by atoms with Gasteiger partial charge in [-0.15, -0.1) is 5.01 Å². The second-order valence-corrected chi connectivity index (χ2v) is 11.8. The van der Waals surface area contributed by atoms with Crippen LogP contribution < -0.4 is 5.43 Å². The van der Waals surface area contributed by atoms with Crippen molar-refractivity contribution in [2.45, 2.75) is 162 Å². The van der Waals surface area contributed by atoms with Crippen molar-refractivity contribution >= 4 is 12.2 Å². The predicted molar refractivity (Wildman–Crippen MR) is 145 cm³/mol. The molecule has 0 aliphatic rings. The quantitative estimate of drug-likeness (QED) is 0.135. The third kappa shape index (κ3) is 18.8. The summed E-state index contributed by atoms with van der Waals surface area (Å²) in [6.45, 7) is 11.9. The average molecular weight is 517 g/mol. The maximum Gasteiger partial charge on any atom is 0.434 e. The van der Waals surface area contributed by atoms with E-state index in [0.717, 1.165) is 19.3 Å². The van der Waals surface area contributed by atoms with E-state index in [9.17, 15) is 19.8 Å². The molecule has 0 aromatic heterocycles. The van der Waals surface area contributed by atoms with Crippen molar-refractivity contribution < 1.29 is 29.3 Å². The molecule has 214 valence electrons. The molecule has 0 saturated carbocycles. The molecular formula is C28H56N2O6. The van der Waals surface area contributed by atoms with E-state index in [0.29, 0.717) is 11.4 Å². The average Bonchev–Trinajstić information content (AvgIpc) is 2.74. The molecule has 0 bridgehead atoms. The summed E-state index contributed by atoms with van der Waals surface area (Å²) in [6.07, 6.45) is 13.7. The van der Waals surface area contributed by atoms with Gasteiger partial charge in [-0.1, -0.05) is 90.4 Å². The summed E-state index contributed by atoms with van der Waals surface area (Å²) < 4.78 is 10.6. The van der Waals surface area contributed by atoms with Gasteiger partial charge in [0, 0.05) is 0 Å². The topological polar surface area (TPSA) is 108 Å². The Hall–Kier alpha value is -1.38. The SMILES string of the molecule is CCCCCCCCCCCCCCCC(O)C(CO)NN(C(=O)OC(C)(C)C)C(=O)OC(C)(C)C. The number of aliphatic hydroxyl groups is 2. The lowest BCUT2D eigenvalue weighted by Crippen LogP contribution is -2.58. The van der Waals surface area contributed by atoms with Crippen LogP contribution in [0.5, 0.6) is 0 Å². The van der Waals surface area contributed by atoms with Crippen LogP contribution in [0.2, 0.25) is 0 Å². The van der Waals surface area contributed by atoms with Crippen LogP contribution in [-0.4, -0.2) is 57.4 Å². The molecule has 8 nitrogen and oxygen atoms in total. The minimum atomic E-state index is -0.955. The van der Waals surface area contributed by atoms with Crippen LogP contribution >= 0.6 is 0 Å². The smallest absolute Gasteiger partial charge is 0.434 e. The van der Waals surface area contributed by atoms with E-state index in [2.05, 4.69) is 12.3 Å². The molecule has 0 saturated heterocycles. The van der Waals surface area contributed by atoms with Crippen LogP contribution in [0.4, 0.5) is 9.59 Å². The number of ether oxygens (including phenoxy) is 2. The van der Waals surface area contributed by atoms with Gasteiger partial charge in [-0.25, -0.2) is 15.0 Å². The third-order valence-electron chi connectivity index (χ3n) is 5.71. The zero-order chi connectivity index (χ0) is 27.6. The normalized spacial score (nSPS) is 13.8. The zero-order valence-corrected chi connectivity index (χ0v) is 24.2. The maximum absolute atomic E-state index is 12.6. The zero-order valence-electron chi connectivity index (χ0n) is 24.2. The first-order valence-electron chi connectivity index (χ1n) is 14.1.